The van der Waals surface area contributed by atoms with Gasteiger partial charge in [-0.15, -0.1) is 0 Å². The van der Waals surface area contributed by atoms with Crippen molar-refractivity contribution in [3.63, 3.8) is 0 Å². The van der Waals surface area contributed by atoms with Gasteiger partial charge in [0.25, 0.3) is 0 Å². The molecule has 0 fully saturated rings. The molecule has 104 valence electrons. The molecule has 20 heavy (non-hydrogen) atoms. The molecule has 2 aromatic carbocycles. The van der Waals surface area contributed by atoms with Gasteiger partial charge in [0.15, 0.2) is 0 Å². The average Bonchev–Trinajstić information content (AvgIpc) is 2.39. The third-order valence-corrected chi connectivity index (χ3v) is 3.27. The van der Waals surface area contributed by atoms with Crippen LogP contribution >= 0.6 is 0 Å². The molecule has 0 saturated heterocycles. The van der Waals surface area contributed by atoms with Crippen LogP contribution in [0, 0.1) is 13.8 Å². The Bertz CT molecular complexity index is 628. The zero-order valence-corrected chi connectivity index (χ0v) is 12.4. The monoisotopic (exact) mass is 268 g/mol. The van der Waals surface area contributed by atoms with Crippen molar-refractivity contribution in [2.24, 2.45) is 10.2 Å². The number of aryl methyl sites for hydroxylation is 2. The number of azo groups is 1. The fourth-order valence-electron chi connectivity index (χ4n) is 1.99. The van der Waals surface area contributed by atoms with Crippen LogP contribution in [-0.4, -0.2) is 5.11 Å². The smallest absolute Gasteiger partial charge is 0.119 e. The van der Waals surface area contributed by atoms with Crippen LogP contribution < -0.4 is 0 Å². The van der Waals surface area contributed by atoms with Crippen molar-refractivity contribution >= 4 is 11.4 Å². The summed E-state index contributed by atoms with van der Waals surface area (Å²) in [4.78, 5) is 0. The molecule has 0 spiro atoms. The zero-order chi connectivity index (χ0) is 14.7. The molecule has 2 rings (SSSR count). The minimum atomic E-state index is 0.254. The molecule has 0 unspecified atom stereocenters. The number of phenols is 1. The predicted molar refractivity (Wildman–Crippen MR) is 82.3 cm³/mol. The van der Waals surface area contributed by atoms with Gasteiger partial charge in [-0.3, -0.25) is 0 Å². The van der Waals surface area contributed by atoms with E-state index in [1.807, 2.05) is 58.0 Å². The maximum atomic E-state index is 9.93. The first-order chi connectivity index (χ1) is 9.47. The molecule has 0 aliphatic heterocycles. The minimum Gasteiger partial charge on any atom is -0.508 e. The number of hydrogen-bond acceptors (Lipinski definition) is 3. The lowest BCUT2D eigenvalue weighted by atomic mass is 9.99. The lowest BCUT2D eigenvalue weighted by Gasteiger charge is -2.10. The molecule has 0 radical (unpaired) electrons. The summed E-state index contributed by atoms with van der Waals surface area (Å²) >= 11 is 0. The molecule has 0 atom stereocenters. The summed E-state index contributed by atoms with van der Waals surface area (Å²) < 4.78 is 0. The van der Waals surface area contributed by atoms with Crippen LogP contribution in [0.5, 0.6) is 5.75 Å². The van der Waals surface area contributed by atoms with Crippen molar-refractivity contribution in [2.45, 2.75) is 33.6 Å². The number of rotatable bonds is 3. The average molecular weight is 268 g/mol. The Morgan fingerprint density at radius 3 is 2.20 bits per heavy atom. The van der Waals surface area contributed by atoms with Gasteiger partial charge >= 0.3 is 0 Å². The Labute approximate surface area is 120 Å². The van der Waals surface area contributed by atoms with Gasteiger partial charge in [-0.2, -0.15) is 10.2 Å². The highest BCUT2D eigenvalue weighted by Gasteiger charge is 2.09. The Morgan fingerprint density at radius 1 is 0.950 bits per heavy atom. The van der Waals surface area contributed by atoms with Gasteiger partial charge in [0, 0.05) is 0 Å². The molecule has 3 heteroatoms. The van der Waals surface area contributed by atoms with Crippen molar-refractivity contribution in [2.75, 3.05) is 0 Å². The summed E-state index contributed by atoms with van der Waals surface area (Å²) in [7, 11) is 0. The Hall–Kier alpha value is -2.16. The van der Waals surface area contributed by atoms with Crippen LogP contribution in [0.15, 0.2) is 46.6 Å². The second-order valence-electron chi connectivity index (χ2n) is 5.39. The zero-order valence-electron chi connectivity index (χ0n) is 12.4. The first-order valence-electron chi connectivity index (χ1n) is 6.79. The van der Waals surface area contributed by atoms with E-state index < -0.39 is 0 Å². The minimum absolute atomic E-state index is 0.254. The van der Waals surface area contributed by atoms with Gasteiger partial charge in [-0.25, -0.2) is 0 Å². The standard InChI is InChI=1S/C17H20N2O/c1-11(2)15-10-16(13(4)9-17(15)20)19-18-14-7-5-12(3)6-8-14/h5-11,20H,1-4H3. The highest BCUT2D eigenvalue weighted by molar-refractivity contribution is 5.54. The Morgan fingerprint density at radius 2 is 1.60 bits per heavy atom. The Kier molecular flexibility index (Phi) is 4.18. The number of hydrogen-bond donors (Lipinski definition) is 1. The molecule has 3 nitrogen and oxygen atoms in total. The largest absolute Gasteiger partial charge is 0.508 e. The number of aromatic hydroxyl groups is 1. The van der Waals surface area contributed by atoms with E-state index in [4.69, 9.17) is 0 Å². The van der Waals surface area contributed by atoms with E-state index in [0.717, 1.165) is 22.5 Å². The van der Waals surface area contributed by atoms with Crippen LogP contribution in [0.1, 0.15) is 36.5 Å². The number of nitrogens with zero attached hydrogens (tertiary/aromatic N) is 2. The molecular formula is C17H20N2O. The highest BCUT2D eigenvalue weighted by atomic mass is 16.3. The normalized spacial score (nSPS) is 11.4. The van der Waals surface area contributed by atoms with E-state index in [0.29, 0.717) is 5.75 Å². The van der Waals surface area contributed by atoms with Crippen LogP contribution in [0.2, 0.25) is 0 Å². The fourth-order valence-corrected chi connectivity index (χ4v) is 1.99. The molecule has 0 aromatic heterocycles. The van der Waals surface area contributed by atoms with E-state index in [2.05, 4.69) is 10.2 Å². The molecule has 0 bridgehead atoms. The Balaban J connectivity index is 2.33. The van der Waals surface area contributed by atoms with E-state index in [-0.39, 0.29) is 5.92 Å². The summed E-state index contributed by atoms with van der Waals surface area (Å²) in [5, 5.41) is 18.5. The van der Waals surface area contributed by atoms with Crippen LogP contribution in [0.4, 0.5) is 11.4 Å². The molecular weight excluding hydrogens is 248 g/mol. The third kappa shape index (κ3) is 3.23. The highest BCUT2D eigenvalue weighted by Crippen LogP contribution is 2.33. The quantitative estimate of drug-likeness (QED) is 0.729. The summed E-state index contributed by atoms with van der Waals surface area (Å²) in [5.74, 6) is 0.579. The van der Waals surface area contributed by atoms with Crippen molar-refractivity contribution in [3.8, 4) is 5.75 Å². The summed E-state index contributed by atoms with van der Waals surface area (Å²) in [6.07, 6.45) is 0. The van der Waals surface area contributed by atoms with E-state index in [1.165, 1.54) is 5.56 Å². The molecule has 0 aliphatic carbocycles. The number of benzene rings is 2. The van der Waals surface area contributed by atoms with Gasteiger partial charge in [0.1, 0.15) is 5.75 Å². The van der Waals surface area contributed by atoms with Crippen molar-refractivity contribution in [1.82, 2.24) is 0 Å². The molecule has 0 aliphatic rings. The lowest BCUT2D eigenvalue weighted by molar-refractivity contribution is 0.464. The van der Waals surface area contributed by atoms with Gasteiger partial charge in [0.2, 0.25) is 0 Å². The van der Waals surface area contributed by atoms with Crippen molar-refractivity contribution in [3.05, 3.63) is 53.1 Å². The summed E-state index contributed by atoms with van der Waals surface area (Å²) in [6.45, 7) is 8.06. The third-order valence-electron chi connectivity index (χ3n) is 3.27. The first-order valence-corrected chi connectivity index (χ1v) is 6.79. The molecule has 1 N–H and O–H groups in total. The summed E-state index contributed by atoms with van der Waals surface area (Å²) in [5.41, 5.74) is 4.64. The van der Waals surface area contributed by atoms with Crippen molar-refractivity contribution < 1.29 is 5.11 Å². The molecule has 2 aromatic rings. The van der Waals surface area contributed by atoms with Gasteiger partial charge in [-0.1, -0.05) is 31.5 Å². The molecule has 0 saturated carbocycles. The van der Waals surface area contributed by atoms with E-state index in [9.17, 15) is 5.11 Å². The SMILES string of the molecule is Cc1ccc(N=Nc2cc(C(C)C)c(O)cc2C)cc1. The second kappa shape index (κ2) is 5.87. The topological polar surface area (TPSA) is 45.0 Å². The number of phenolic OH excluding ortho intramolecular Hbond substituents is 1. The van der Waals surface area contributed by atoms with E-state index in [1.54, 1.807) is 6.07 Å². The van der Waals surface area contributed by atoms with Gasteiger partial charge < -0.3 is 5.11 Å². The van der Waals surface area contributed by atoms with Crippen LogP contribution in [0.3, 0.4) is 0 Å². The predicted octanol–water partition coefficient (Wildman–Crippen LogP) is 5.55. The van der Waals surface area contributed by atoms with Gasteiger partial charge in [0.05, 0.1) is 11.4 Å². The fraction of sp³-hybridized carbons (Fsp3) is 0.294. The molecule has 0 heterocycles. The maximum absolute atomic E-state index is 9.93. The maximum Gasteiger partial charge on any atom is 0.119 e. The van der Waals surface area contributed by atoms with Crippen LogP contribution in [-0.2, 0) is 0 Å². The lowest BCUT2D eigenvalue weighted by Crippen LogP contribution is -1.89. The summed E-state index contributed by atoms with van der Waals surface area (Å²) in [6, 6.07) is 11.6. The first kappa shape index (κ1) is 14.3. The molecule has 0 amide bonds. The van der Waals surface area contributed by atoms with Gasteiger partial charge in [-0.05, 0) is 55.2 Å². The van der Waals surface area contributed by atoms with E-state index >= 15 is 0 Å². The second-order valence-corrected chi connectivity index (χ2v) is 5.39. The van der Waals surface area contributed by atoms with Crippen LogP contribution in [0.25, 0.3) is 0 Å². The van der Waals surface area contributed by atoms with Crippen molar-refractivity contribution in [1.29, 1.82) is 0 Å².